The number of hydrogen-bond donors (Lipinski definition) is 0. The van der Waals surface area contributed by atoms with E-state index in [1.54, 1.807) is 16.9 Å². The highest BCUT2D eigenvalue weighted by molar-refractivity contribution is 8.01. The second kappa shape index (κ2) is 7.90. The predicted octanol–water partition coefficient (Wildman–Crippen LogP) is 3.21. The molecule has 144 valence electrons. The summed E-state index contributed by atoms with van der Waals surface area (Å²) in [6.45, 7) is 6.46. The van der Waals surface area contributed by atoms with E-state index in [0.717, 1.165) is 21.5 Å². The van der Waals surface area contributed by atoms with Crippen molar-refractivity contribution in [3.8, 4) is 5.75 Å². The molecule has 2 amide bonds. The van der Waals surface area contributed by atoms with E-state index in [0.29, 0.717) is 12.3 Å². The monoisotopic (exact) mass is 405 g/mol. The SMILES string of the molecule is COc1ccc(N2C(=O)CN(C(=O)CSc3nc(C)cs3)CC2(C)C)cc1. The van der Waals surface area contributed by atoms with E-state index >= 15 is 0 Å². The van der Waals surface area contributed by atoms with Crippen LogP contribution in [0.3, 0.4) is 0 Å². The average Bonchev–Trinajstić information content (AvgIpc) is 3.04. The highest BCUT2D eigenvalue weighted by atomic mass is 32.2. The van der Waals surface area contributed by atoms with Crippen LogP contribution in [0.1, 0.15) is 19.5 Å². The lowest BCUT2D eigenvalue weighted by molar-refractivity contribution is -0.137. The molecule has 0 unspecified atom stereocenters. The predicted molar refractivity (Wildman–Crippen MR) is 109 cm³/mol. The number of ether oxygens (including phenoxy) is 1. The Kier molecular flexibility index (Phi) is 5.76. The Morgan fingerprint density at radius 3 is 2.59 bits per heavy atom. The summed E-state index contributed by atoms with van der Waals surface area (Å²) in [6.07, 6.45) is 0. The first kappa shape index (κ1) is 19.7. The first-order chi connectivity index (χ1) is 12.8. The lowest BCUT2D eigenvalue weighted by atomic mass is 9.97. The highest BCUT2D eigenvalue weighted by Gasteiger charge is 2.40. The van der Waals surface area contributed by atoms with Crippen molar-refractivity contribution in [3.05, 3.63) is 35.3 Å². The Morgan fingerprint density at radius 2 is 2.04 bits per heavy atom. The fourth-order valence-corrected chi connectivity index (χ4v) is 4.93. The van der Waals surface area contributed by atoms with Crippen molar-refractivity contribution in [1.29, 1.82) is 0 Å². The molecule has 1 aliphatic rings. The quantitative estimate of drug-likeness (QED) is 0.715. The summed E-state index contributed by atoms with van der Waals surface area (Å²) in [5.74, 6) is 0.912. The van der Waals surface area contributed by atoms with E-state index in [4.69, 9.17) is 4.74 Å². The van der Waals surface area contributed by atoms with Crippen LogP contribution in [-0.4, -0.2) is 53.2 Å². The summed E-state index contributed by atoms with van der Waals surface area (Å²) in [6, 6.07) is 7.42. The largest absolute Gasteiger partial charge is 0.497 e. The number of amides is 2. The number of thioether (sulfide) groups is 1. The molecule has 0 aliphatic carbocycles. The lowest BCUT2D eigenvalue weighted by Gasteiger charge is -2.46. The Hall–Kier alpha value is -2.06. The van der Waals surface area contributed by atoms with E-state index in [1.807, 2.05) is 50.4 Å². The molecule has 1 aromatic heterocycles. The van der Waals surface area contributed by atoms with Gasteiger partial charge in [-0.2, -0.15) is 0 Å². The number of aromatic nitrogens is 1. The molecule has 6 nitrogen and oxygen atoms in total. The Balaban J connectivity index is 1.68. The van der Waals surface area contributed by atoms with Gasteiger partial charge in [-0.3, -0.25) is 9.59 Å². The molecule has 0 bridgehead atoms. The molecule has 0 radical (unpaired) electrons. The Labute approximate surface area is 167 Å². The summed E-state index contributed by atoms with van der Waals surface area (Å²) in [7, 11) is 1.61. The summed E-state index contributed by atoms with van der Waals surface area (Å²) < 4.78 is 6.06. The van der Waals surface area contributed by atoms with E-state index in [1.165, 1.54) is 23.1 Å². The van der Waals surface area contributed by atoms with Gasteiger partial charge in [0.2, 0.25) is 11.8 Å². The molecule has 3 rings (SSSR count). The number of rotatable bonds is 5. The van der Waals surface area contributed by atoms with Crippen LogP contribution in [0.15, 0.2) is 34.0 Å². The zero-order valence-electron chi connectivity index (χ0n) is 15.9. The molecule has 1 aliphatic heterocycles. The summed E-state index contributed by atoms with van der Waals surface area (Å²) >= 11 is 2.96. The molecule has 2 aromatic rings. The van der Waals surface area contributed by atoms with Gasteiger partial charge >= 0.3 is 0 Å². The van der Waals surface area contributed by atoms with Crippen LogP contribution in [0.25, 0.3) is 0 Å². The number of carbonyl (C=O) groups is 2. The summed E-state index contributed by atoms with van der Waals surface area (Å²) in [5, 5.41) is 1.97. The smallest absolute Gasteiger partial charge is 0.247 e. The van der Waals surface area contributed by atoms with Crippen LogP contribution in [0, 0.1) is 6.92 Å². The van der Waals surface area contributed by atoms with Crippen LogP contribution < -0.4 is 9.64 Å². The second-order valence-corrected chi connectivity index (χ2v) is 9.11. The minimum atomic E-state index is -0.498. The minimum Gasteiger partial charge on any atom is -0.497 e. The minimum absolute atomic E-state index is 0.0383. The third kappa shape index (κ3) is 4.44. The molecule has 1 aromatic carbocycles. The maximum Gasteiger partial charge on any atom is 0.247 e. The van der Waals surface area contributed by atoms with Gasteiger partial charge in [0.25, 0.3) is 0 Å². The van der Waals surface area contributed by atoms with Crippen LogP contribution >= 0.6 is 23.1 Å². The molecule has 1 fully saturated rings. The number of methoxy groups -OCH3 is 1. The summed E-state index contributed by atoms with van der Waals surface area (Å²) in [4.78, 5) is 33.3. The maximum atomic E-state index is 12.8. The van der Waals surface area contributed by atoms with Gasteiger partial charge in [-0.25, -0.2) is 4.98 Å². The second-order valence-electron chi connectivity index (χ2n) is 7.03. The molecule has 8 heteroatoms. The van der Waals surface area contributed by atoms with Crippen molar-refractivity contribution < 1.29 is 14.3 Å². The number of benzene rings is 1. The Bertz CT molecular complexity index is 833. The number of aryl methyl sites for hydroxylation is 1. The van der Waals surface area contributed by atoms with E-state index in [-0.39, 0.29) is 18.4 Å². The van der Waals surface area contributed by atoms with Gasteiger partial charge in [-0.1, -0.05) is 11.8 Å². The normalized spacial score (nSPS) is 16.5. The van der Waals surface area contributed by atoms with Gasteiger partial charge < -0.3 is 14.5 Å². The molecule has 0 saturated carbocycles. The standard InChI is InChI=1S/C19H23N3O3S2/c1-13-10-26-18(20-13)27-11-17(24)21-9-16(23)22(19(2,3)12-21)14-5-7-15(25-4)8-6-14/h5-8,10H,9,11-12H2,1-4H3. The summed E-state index contributed by atoms with van der Waals surface area (Å²) in [5.41, 5.74) is 1.27. The van der Waals surface area contributed by atoms with Crippen molar-refractivity contribution in [2.45, 2.75) is 30.6 Å². The fraction of sp³-hybridized carbons (Fsp3) is 0.421. The van der Waals surface area contributed by atoms with Crippen molar-refractivity contribution in [2.75, 3.05) is 30.9 Å². The first-order valence-corrected chi connectivity index (χ1v) is 10.5. The number of nitrogens with zero attached hydrogens (tertiary/aromatic N) is 3. The third-order valence-corrected chi connectivity index (χ3v) is 6.48. The van der Waals surface area contributed by atoms with E-state index in [2.05, 4.69) is 4.98 Å². The number of carbonyl (C=O) groups excluding carboxylic acids is 2. The number of anilines is 1. The maximum absolute atomic E-state index is 12.8. The zero-order chi connectivity index (χ0) is 19.6. The van der Waals surface area contributed by atoms with E-state index in [9.17, 15) is 9.59 Å². The van der Waals surface area contributed by atoms with Crippen LogP contribution in [0.4, 0.5) is 5.69 Å². The number of hydrogen-bond acceptors (Lipinski definition) is 6. The first-order valence-electron chi connectivity index (χ1n) is 8.60. The highest BCUT2D eigenvalue weighted by Crippen LogP contribution is 2.31. The fourth-order valence-electron chi connectivity index (χ4n) is 3.18. The van der Waals surface area contributed by atoms with Crippen molar-refractivity contribution in [1.82, 2.24) is 9.88 Å². The van der Waals surface area contributed by atoms with Gasteiger partial charge in [-0.15, -0.1) is 11.3 Å². The van der Waals surface area contributed by atoms with Crippen molar-refractivity contribution >= 4 is 40.6 Å². The number of piperazine rings is 1. The van der Waals surface area contributed by atoms with Crippen LogP contribution in [-0.2, 0) is 9.59 Å². The molecule has 0 atom stereocenters. The topological polar surface area (TPSA) is 62.7 Å². The molecule has 0 N–H and O–H groups in total. The third-order valence-electron chi connectivity index (χ3n) is 4.36. The Morgan fingerprint density at radius 1 is 1.33 bits per heavy atom. The van der Waals surface area contributed by atoms with Crippen molar-refractivity contribution in [2.24, 2.45) is 0 Å². The van der Waals surface area contributed by atoms with Gasteiger partial charge in [0, 0.05) is 23.3 Å². The van der Waals surface area contributed by atoms with Gasteiger partial charge in [0.05, 0.1) is 18.4 Å². The van der Waals surface area contributed by atoms with Crippen LogP contribution in [0.5, 0.6) is 5.75 Å². The molecule has 0 spiro atoms. The molecule has 1 saturated heterocycles. The zero-order valence-corrected chi connectivity index (χ0v) is 17.5. The molecule has 27 heavy (non-hydrogen) atoms. The van der Waals surface area contributed by atoms with Gasteiger partial charge in [0.1, 0.15) is 12.3 Å². The lowest BCUT2D eigenvalue weighted by Crippen LogP contribution is -2.63. The van der Waals surface area contributed by atoms with E-state index < -0.39 is 5.54 Å². The molecule has 2 heterocycles. The van der Waals surface area contributed by atoms with Crippen molar-refractivity contribution in [3.63, 3.8) is 0 Å². The van der Waals surface area contributed by atoms with Gasteiger partial charge in [0.15, 0.2) is 4.34 Å². The molecular weight excluding hydrogens is 382 g/mol. The van der Waals surface area contributed by atoms with Gasteiger partial charge in [-0.05, 0) is 45.0 Å². The van der Waals surface area contributed by atoms with Crippen LogP contribution in [0.2, 0.25) is 0 Å². The number of thiazole rings is 1. The molecular formula is C19H23N3O3S2. The average molecular weight is 406 g/mol.